The lowest BCUT2D eigenvalue weighted by Gasteiger charge is -2.10. The second-order valence-corrected chi connectivity index (χ2v) is 6.24. The molecule has 0 saturated heterocycles. The summed E-state index contributed by atoms with van der Waals surface area (Å²) in [7, 11) is 0. The van der Waals surface area contributed by atoms with Gasteiger partial charge in [-0.3, -0.25) is 4.79 Å². The normalized spacial score (nSPS) is 11.8. The summed E-state index contributed by atoms with van der Waals surface area (Å²) in [5.74, 6) is -0.490. The average molecular weight is 385 g/mol. The van der Waals surface area contributed by atoms with E-state index >= 15 is 0 Å². The first-order valence-corrected chi connectivity index (χ1v) is 8.53. The number of para-hydroxylation sites is 1. The number of rotatable bonds is 4. The Morgan fingerprint density at radius 3 is 2.36 bits per heavy atom. The number of amides is 1. The summed E-state index contributed by atoms with van der Waals surface area (Å²) in [5.41, 5.74) is 4.28. The summed E-state index contributed by atoms with van der Waals surface area (Å²) in [6.45, 7) is 3.68. The first-order chi connectivity index (χ1) is 13.3. The Morgan fingerprint density at radius 1 is 1.04 bits per heavy atom. The molecule has 1 N–H and O–H groups in total. The van der Waals surface area contributed by atoms with Crippen molar-refractivity contribution in [1.82, 2.24) is 9.99 Å². The van der Waals surface area contributed by atoms with Crippen LogP contribution >= 0.6 is 0 Å². The first-order valence-electron chi connectivity index (χ1n) is 8.53. The summed E-state index contributed by atoms with van der Waals surface area (Å²) in [6.07, 6.45) is -3.50. The van der Waals surface area contributed by atoms with Crippen LogP contribution in [-0.4, -0.2) is 16.7 Å². The van der Waals surface area contributed by atoms with Crippen molar-refractivity contribution in [1.29, 1.82) is 0 Å². The molecule has 0 fully saturated rings. The van der Waals surface area contributed by atoms with Crippen molar-refractivity contribution < 1.29 is 18.0 Å². The van der Waals surface area contributed by atoms with Crippen LogP contribution in [0.1, 0.15) is 32.9 Å². The summed E-state index contributed by atoms with van der Waals surface area (Å²) in [5, 5.41) is 3.71. The molecule has 1 heterocycles. The van der Waals surface area contributed by atoms with Crippen molar-refractivity contribution >= 4 is 12.1 Å². The molecule has 7 heteroatoms. The van der Waals surface area contributed by atoms with Crippen LogP contribution in [0.4, 0.5) is 13.2 Å². The Morgan fingerprint density at radius 2 is 1.68 bits per heavy atom. The Hall–Kier alpha value is -3.35. The van der Waals surface area contributed by atoms with Gasteiger partial charge in [-0.1, -0.05) is 36.4 Å². The Balaban J connectivity index is 1.81. The number of hydrogen-bond acceptors (Lipinski definition) is 2. The van der Waals surface area contributed by atoms with Crippen LogP contribution in [0.15, 0.2) is 65.8 Å². The number of hydrazone groups is 1. The van der Waals surface area contributed by atoms with E-state index in [2.05, 4.69) is 10.5 Å². The second kappa shape index (κ2) is 7.72. The van der Waals surface area contributed by atoms with Gasteiger partial charge in [0.25, 0.3) is 5.91 Å². The zero-order valence-corrected chi connectivity index (χ0v) is 15.3. The monoisotopic (exact) mass is 385 g/mol. The number of carbonyl (C=O) groups is 1. The largest absolute Gasteiger partial charge is 0.417 e. The maximum Gasteiger partial charge on any atom is 0.417 e. The molecule has 0 bridgehead atoms. The van der Waals surface area contributed by atoms with E-state index in [1.54, 1.807) is 13.0 Å². The van der Waals surface area contributed by atoms with E-state index in [1.807, 2.05) is 41.8 Å². The maximum absolute atomic E-state index is 13.0. The fourth-order valence-electron chi connectivity index (χ4n) is 3.06. The highest BCUT2D eigenvalue weighted by molar-refractivity contribution is 5.96. The Bertz CT molecular complexity index is 1020. The molecule has 28 heavy (non-hydrogen) atoms. The zero-order chi connectivity index (χ0) is 20.3. The van der Waals surface area contributed by atoms with Gasteiger partial charge in [-0.2, -0.15) is 18.3 Å². The summed E-state index contributed by atoms with van der Waals surface area (Å²) >= 11 is 0. The van der Waals surface area contributed by atoms with Gasteiger partial charge >= 0.3 is 6.18 Å². The number of halogens is 3. The van der Waals surface area contributed by atoms with E-state index in [4.69, 9.17) is 0 Å². The molecule has 3 aromatic rings. The van der Waals surface area contributed by atoms with E-state index in [0.29, 0.717) is 11.3 Å². The van der Waals surface area contributed by atoms with Gasteiger partial charge in [0.2, 0.25) is 0 Å². The lowest BCUT2D eigenvalue weighted by molar-refractivity contribution is -0.137. The quantitative estimate of drug-likeness (QED) is 0.505. The highest BCUT2D eigenvalue weighted by Gasteiger charge is 2.32. The third-order valence-corrected chi connectivity index (χ3v) is 4.33. The maximum atomic E-state index is 13.0. The van der Waals surface area contributed by atoms with Crippen LogP contribution < -0.4 is 5.43 Å². The highest BCUT2D eigenvalue weighted by atomic mass is 19.4. The number of nitrogens with zero attached hydrogens (tertiary/aromatic N) is 2. The molecule has 0 aliphatic heterocycles. The zero-order valence-electron chi connectivity index (χ0n) is 15.3. The molecule has 0 saturated carbocycles. The minimum absolute atomic E-state index is 0.120. The van der Waals surface area contributed by atoms with Crippen molar-refractivity contribution in [3.8, 4) is 5.69 Å². The van der Waals surface area contributed by atoms with Crippen molar-refractivity contribution in [2.24, 2.45) is 5.10 Å². The SMILES string of the molecule is Cc1cc(C(=O)NN=Cc2ccccc2C(F)(F)F)c(C)n1-c1ccccc1. The molecule has 1 aromatic heterocycles. The van der Waals surface area contributed by atoms with Crippen molar-refractivity contribution in [3.63, 3.8) is 0 Å². The van der Waals surface area contributed by atoms with Crippen molar-refractivity contribution in [3.05, 3.63) is 88.7 Å². The van der Waals surface area contributed by atoms with E-state index in [0.717, 1.165) is 23.7 Å². The minimum Gasteiger partial charge on any atom is -0.318 e. The van der Waals surface area contributed by atoms with Crippen LogP contribution in [0.3, 0.4) is 0 Å². The van der Waals surface area contributed by atoms with Crippen LogP contribution in [0.25, 0.3) is 5.69 Å². The number of carbonyl (C=O) groups excluding carboxylic acids is 1. The number of alkyl halides is 3. The summed E-state index contributed by atoms with van der Waals surface area (Å²) in [4.78, 5) is 12.5. The van der Waals surface area contributed by atoms with E-state index in [1.165, 1.54) is 18.2 Å². The Labute approximate surface area is 160 Å². The molecular weight excluding hydrogens is 367 g/mol. The van der Waals surface area contributed by atoms with Crippen LogP contribution in [-0.2, 0) is 6.18 Å². The molecule has 0 unspecified atom stereocenters. The summed E-state index contributed by atoms with van der Waals surface area (Å²) < 4.78 is 41.0. The Kier molecular flexibility index (Phi) is 5.35. The highest BCUT2D eigenvalue weighted by Crippen LogP contribution is 2.31. The number of aromatic nitrogens is 1. The average Bonchev–Trinajstić information content (AvgIpc) is 2.96. The fraction of sp³-hybridized carbons (Fsp3) is 0.143. The molecule has 0 radical (unpaired) electrons. The summed E-state index contributed by atoms with van der Waals surface area (Å²) in [6, 6.07) is 16.3. The first kappa shape index (κ1) is 19.4. The van der Waals surface area contributed by atoms with Gasteiger partial charge in [-0.15, -0.1) is 0 Å². The van der Waals surface area contributed by atoms with Gasteiger partial charge in [0.15, 0.2) is 0 Å². The molecule has 0 atom stereocenters. The predicted molar refractivity (Wildman–Crippen MR) is 102 cm³/mol. The number of aryl methyl sites for hydroxylation is 1. The van der Waals surface area contributed by atoms with Gasteiger partial charge in [0.05, 0.1) is 17.3 Å². The van der Waals surface area contributed by atoms with Crippen LogP contribution in [0, 0.1) is 13.8 Å². The molecular formula is C21H18F3N3O. The van der Waals surface area contributed by atoms with E-state index in [-0.39, 0.29) is 5.56 Å². The molecule has 0 aliphatic carbocycles. The molecule has 0 aliphatic rings. The number of hydrogen-bond donors (Lipinski definition) is 1. The predicted octanol–water partition coefficient (Wildman–Crippen LogP) is 4.88. The number of nitrogens with one attached hydrogen (secondary N) is 1. The minimum atomic E-state index is -4.49. The number of benzene rings is 2. The van der Waals surface area contributed by atoms with Crippen molar-refractivity contribution in [2.45, 2.75) is 20.0 Å². The van der Waals surface area contributed by atoms with Gasteiger partial charge in [-0.25, -0.2) is 5.43 Å². The second-order valence-electron chi connectivity index (χ2n) is 6.24. The van der Waals surface area contributed by atoms with Gasteiger partial charge in [0, 0.05) is 22.6 Å². The van der Waals surface area contributed by atoms with E-state index in [9.17, 15) is 18.0 Å². The van der Waals surface area contributed by atoms with Crippen LogP contribution in [0.5, 0.6) is 0 Å². The molecule has 1 amide bonds. The van der Waals surface area contributed by atoms with Gasteiger partial charge in [0.1, 0.15) is 0 Å². The van der Waals surface area contributed by atoms with E-state index < -0.39 is 17.6 Å². The van der Waals surface area contributed by atoms with Crippen LogP contribution in [0.2, 0.25) is 0 Å². The van der Waals surface area contributed by atoms with Crippen molar-refractivity contribution in [2.75, 3.05) is 0 Å². The lowest BCUT2D eigenvalue weighted by atomic mass is 10.1. The topological polar surface area (TPSA) is 46.4 Å². The third kappa shape index (κ3) is 3.98. The molecule has 144 valence electrons. The molecule has 3 rings (SSSR count). The van der Waals surface area contributed by atoms with Gasteiger partial charge in [-0.05, 0) is 38.1 Å². The lowest BCUT2D eigenvalue weighted by Crippen LogP contribution is -2.19. The fourth-order valence-corrected chi connectivity index (χ4v) is 3.06. The molecule has 2 aromatic carbocycles. The standard InChI is InChI=1S/C21H18F3N3O/c1-14-12-18(15(2)27(14)17-9-4-3-5-10-17)20(28)26-25-13-16-8-6-7-11-19(16)21(22,23)24/h3-13H,1-2H3,(H,26,28). The molecule has 0 spiro atoms. The van der Waals surface area contributed by atoms with Gasteiger partial charge < -0.3 is 4.57 Å². The smallest absolute Gasteiger partial charge is 0.318 e. The third-order valence-electron chi connectivity index (χ3n) is 4.33. The molecule has 4 nitrogen and oxygen atoms in total.